The van der Waals surface area contributed by atoms with E-state index in [1.54, 1.807) is 0 Å². The van der Waals surface area contributed by atoms with Gasteiger partial charge >= 0.3 is 0 Å². The van der Waals surface area contributed by atoms with Gasteiger partial charge in [0.2, 0.25) is 5.91 Å². The van der Waals surface area contributed by atoms with E-state index in [0.29, 0.717) is 0 Å². The van der Waals surface area contributed by atoms with Gasteiger partial charge in [0.15, 0.2) is 0 Å². The summed E-state index contributed by atoms with van der Waals surface area (Å²) in [6.07, 6.45) is 8.32. The molecule has 0 bridgehead atoms. The van der Waals surface area contributed by atoms with Gasteiger partial charge in [-0.15, -0.1) is 11.6 Å². The van der Waals surface area contributed by atoms with Crippen LogP contribution in [-0.2, 0) is 4.79 Å². The normalized spacial score (nSPS) is 22.7. The first kappa shape index (κ1) is 16.8. The summed E-state index contributed by atoms with van der Waals surface area (Å²) < 4.78 is 0. The van der Waals surface area contributed by atoms with Crippen LogP contribution in [0, 0.1) is 0 Å². The minimum Gasteiger partial charge on any atom is -0.326 e. The van der Waals surface area contributed by atoms with Crippen molar-refractivity contribution in [1.29, 1.82) is 0 Å². The van der Waals surface area contributed by atoms with Gasteiger partial charge in [0.25, 0.3) is 0 Å². The van der Waals surface area contributed by atoms with Crippen molar-refractivity contribution in [1.82, 2.24) is 9.80 Å². The minimum atomic E-state index is -0.595. The predicted molar refractivity (Wildman–Crippen MR) is 94.4 cm³/mol. The number of carbonyl (C=O) groups is 1. The summed E-state index contributed by atoms with van der Waals surface area (Å²) in [5, 5.41) is -0.595. The van der Waals surface area contributed by atoms with Crippen molar-refractivity contribution in [3.05, 3.63) is 35.9 Å². The molecule has 0 aromatic heterocycles. The first-order valence-electron chi connectivity index (χ1n) is 8.87. The molecule has 1 aliphatic carbocycles. The number of likely N-dealkylation sites (tertiary alicyclic amines) is 1. The van der Waals surface area contributed by atoms with Crippen LogP contribution in [0.5, 0.6) is 0 Å². The van der Waals surface area contributed by atoms with Gasteiger partial charge in [-0.2, -0.15) is 0 Å². The molecule has 0 N–H and O–H groups in total. The van der Waals surface area contributed by atoms with Crippen molar-refractivity contribution >= 4 is 17.5 Å². The number of hydrogen-bond donors (Lipinski definition) is 0. The van der Waals surface area contributed by atoms with Gasteiger partial charge in [0.05, 0.1) is 5.66 Å². The Hall–Kier alpha value is -1.06. The minimum absolute atomic E-state index is 0.0340. The van der Waals surface area contributed by atoms with Crippen molar-refractivity contribution in [2.75, 3.05) is 20.1 Å². The molecule has 2 aliphatic rings. The SMILES string of the molecule is CN(C(=O)C(Cl)c1ccccc1)C1(N2CCCC2)CCCCC1. The van der Waals surface area contributed by atoms with Gasteiger partial charge in [0.1, 0.15) is 5.38 Å². The maximum Gasteiger partial charge on any atom is 0.246 e. The first-order valence-corrected chi connectivity index (χ1v) is 9.30. The van der Waals surface area contributed by atoms with Crippen LogP contribution in [0.1, 0.15) is 55.9 Å². The predicted octanol–water partition coefficient (Wildman–Crippen LogP) is 4.18. The number of carbonyl (C=O) groups excluding carboxylic acids is 1. The molecule has 1 amide bonds. The monoisotopic (exact) mass is 334 g/mol. The van der Waals surface area contributed by atoms with E-state index in [0.717, 1.165) is 31.5 Å². The second-order valence-electron chi connectivity index (χ2n) is 6.91. The maximum atomic E-state index is 13.1. The molecule has 1 aromatic rings. The lowest BCUT2D eigenvalue weighted by atomic mass is 9.86. The molecular formula is C19H27ClN2O. The Balaban J connectivity index is 1.82. The van der Waals surface area contributed by atoms with Crippen LogP contribution >= 0.6 is 11.6 Å². The number of halogens is 1. The summed E-state index contributed by atoms with van der Waals surface area (Å²) in [5.41, 5.74) is 0.770. The van der Waals surface area contributed by atoms with Gasteiger partial charge < -0.3 is 4.90 Å². The van der Waals surface area contributed by atoms with Gasteiger partial charge in [-0.3, -0.25) is 9.69 Å². The van der Waals surface area contributed by atoms with Crippen molar-refractivity contribution in [2.24, 2.45) is 0 Å². The van der Waals surface area contributed by atoms with E-state index in [-0.39, 0.29) is 11.6 Å². The second kappa shape index (κ2) is 7.23. The molecule has 4 heteroatoms. The third-order valence-corrected chi connectivity index (χ3v) is 6.05. The summed E-state index contributed by atoms with van der Waals surface area (Å²) in [4.78, 5) is 17.6. The molecule has 1 unspecified atom stereocenters. The molecule has 1 atom stereocenters. The Kier molecular flexibility index (Phi) is 5.27. The van der Waals surface area contributed by atoms with Crippen molar-refractivity contribution in [3.8, 4) is 0 Å². The Morgan fingerprint density at radius 1 is 1.09 bits per heavy atom. The van der Waals surface area contributed by atoms with Crippen LogP contribution in [0.4, 0.5) is 0 Å². The van der Waals surface area contributed by atoms with E-state index < -0.39 is 5.38 Å². The van der Waals surface area contributed by atoms with E-state index in [2.05, 4.69) is 4.90 Å². The van der Waals surface area contributed by atoms with E-state index in [4.69, 9.17) is 11.6 Å². The van der Waals surface area contributed by atoms with Crippen LogP contribution in [0.25, 0.3) is 0 Å². The topological polar surface area (TPSA) is 23.6 Å². The molecule has 1 saturated carbocycles. The average Bonchev–Trinajstić information content (AvgIpc) is 3.16. The lowest BCUT2D eigenvalue weighted by Crippen LogP contribution is -2.61. The fourth-order valence-electron chi connectivity index (χ4n) is 4.25. The van der Waals surface area contributed by atoms with Crippen molar-refractivity contribution in [2.45, 2.75) is 56.0 Å². The molecule has 126 valence electrons. The summed E-state index contributed by atoms with van der Waals surface area (Å²) in [5.74, 6) is 0.0340. The van der Waals surface area contributed by atoms with Crippen LogP contribution < -0.4 is 0 Å². The molecule has 1 heterocycles. The number of benzene rings is 1. The molecule has 2 fully saturated rings. The molecule has 1 aliphatic heterocycles. The largest absolute Gasteiger partial charge is 0.326 e. The van der Waals surface area contributed by atoms with Gasteiger partial charge in [-0.25, -0.2) is 0 Å². The molecular weight excluding hydrogens is 308 g/mol. The van der Waals surface area contributed by atoms with Crippen molar-refractivity contribution in [3.63, 3.8) is 0 Å². The zero-order chi connectivity index (χ0) is 16.3. The first-order chi connectivity index (χ1) is 11.1. The van der Waals surface area contributed by atoms with E-state index in [1.165, 1.54) is 32.1 Å². The number of likely N-dealkylation sites (N-methyl/N-ethyl adjacent to an activating group) is 1. The maximum absolute atomic E-state index is 13.1. The van der Waals surface area contributed by atoms with Crippen LogP contribution in [0.3, 0.4) is 0 Å². The molecule has 0 spiro atoms. The van der Waals surface area contributed by atoms with Gasteiger partial charge in [-0.05, 0) is 44.1 Å². The Morgan fingerprint density at radius 3 is 2.30 bits per heavy atom. The molecule has 3 nitrogen and oxygen atoms in total. The van der Waals surface area contributed by atoms with Crippen LogP contribution in [0.2, 0.25) is 0 Å². The standard InChI is InChI=1S/C19H27ClN2O/c1-21(18(23)17(20)16-10-4-2-5-11-16)19(12-6-3-7-13-19)22-14-8-9-15-22/h2,4-5,10-11,17H,3,6-9,12-15H2,1H3. The molecule has 1 aromatic carbocycles. The van der Waals surface area contributed by atoms with Crippen molar-refractivity contribution < 1.29 is 4.79 Å². The zero-order valence-electron chi connectivity index (χ0n) is 14.0. The quantitative estimate of drug-likeness (QED) is 0.771. The molecule has 23 heavy (non-hydrogen) atoms. The molecule has 1 saturated heterocycles. The highest BCUT2D eigenvalue weighted by atomic mass is 35.5. The third-order valence-electron chi connectivity index (χ3n) is 5.61. The lowest BCUT2D eigenvalue weighted by Gasteiger charge is -2.51. The fourth-order valence-corrected chi connectivity index (χ4v) is 4.55. The average molecular weight is 335 g/mol. The summed E-state index contributed by atoms with van der Waals surface area (Å²) in [7, 11) is 1.96. The van der Waals surface area contributed by atoms with Gasteiger partial charge in [0, 0.05) is 20.1 Å². The lowest BCUT2D eigenvalue weighted by molar-refractivity contribution is -0.147. The molecule has 3 rings (SSSR count). The second-order valence-corrected chi connectivity index (χ2v) is 7.34. The highest BCUT2D eigenvalue weighted by Crippen LogP contribution is 2.39. The van der Waals surface area contributed by atoms with E-state index in [1.807, 2.05) is 42.3 Å². The number of rotatable bonds is 4. The number of amides is 1. The Labute approximate surface area is 144 Å². The Bertz CT molecular complexity index is 521. The summed E-state index contributed by atoms with van der Waals surface area (Å²) in [6, 6.07) is 9.71. The number of hydrogen-bond acceptors (Lipinski definition) is 2. The van der Waals surface area contributed by atoms with Gasteiger partial charge in [-0.1, -0.05) is 36.8 Å². The highest BCUT2D eigenvalue weighted by Gasteiger charge is 2.45. The van der Waals surface area contributed by atoms with Crippen LogP contribution in [0.15, 0.2) is 30.3 Å². The third kappa shape index (κ3) is 3.27. The summed E-state index contributed by atoms with van der Waals surface area (Å²) in [6.45, 7) is 2.21. The van der Waals surface area contributed by atoms with E-state index >= 15 is 0 Å². The highest BCUT2D eigenvalue weighted by molar-refractivity contribution is 6.30. The molecule has 0 radical (unpaired) electrons. The smallest absolute Gasteiger partial charge is 0.246 e. The van der Waals surface area contributed by atoms with E-state index in [9.17, 15) is 4.79 Å². The number of nitrogens with zero attached hydrogens (tertiary/aromatic N) is 2. The zero-order valence-corrected chi connectivity index (χ0v) is 14.8. The fraction of sp³-hybridized carbons (Fsp3) is 0.632. The van der Waals surface area contributed by atoms with Crippen LogP contribution in [-0.4, -0.2) is 41.5 Å². The Morgan fingerprint density at radius 2 is 1.70 bits per heavy atom. The summed E-state index contributed by atoms with van der Waals surface area (Å²) >= 11 is 6.53. The number of alkyl halides is 1.